The van der Waals surface area contributed by atoms with Gasteiger partial charge >= 0.3 is 0 Å². The maximum Gasteiger partial charge on any atom is 0.251 e. The molecule has 2 aromatic rings. The van der Waals surface area contributed by atoms with Crippen LogP contribution in [0.1, 0.15) is 42.6 Å². The lowest BCUT2D eigenvalue weighted by molar-refractivity contribution is 0.0908. The van der Waals surface area contributed by atoms with E-state index in [1.165, 1.54) is 29.6 Å². The van der Waals surface area contributed by atoms with Crippen molar-refractivity contribution in [2.45, 2.75) is 44.2 Å². The van der Waals surface area contributed by atoms with Gasteiger partial charge in [0.1, 0.15) is 0 Å². The van der Waals surface area contributed by atoms with Crippen LogP contribution in [-0.2, 0) is 16.6 Å². The van der Waals surface area contributed by atoms with E-state index in [1.807, 2.05) is 6.07 Å². The molecule has 1 N–H and O–H groups in total. The molecule has 33 heavy (non-hydrogen) atoms. The SMILES string of the molecule is CCN(CC)S(=O)(=O)c1ccc(C(=O)NC2CCN(Cc3ccc(OC)c(F)c3)CC2)cc1. The number of halogens is 1. The molecule has 1 heterocycles. The summed E-state index contributed by atoms with van der Waals surface area (Å²) in [6, 6.07) is 11.1. The Morgan fingerprint density at radius 1 is 1.12 bits per heavy atom. The van der Waals surface area contributed by atoms with E-state index in [-0.39, 0.29) is 28.4 Å². The van der Waals surface area contributed by atoms with Crippen LogP contribution in [0.2, 0.25) is 0 Å². The summed E-state index contributed by atoms with van der Waals surface area (Å²) in [7, 11) is -2.10. The monoisotopic (exact) mass is 477 g/mol. The van der Waals surface area contributed by atoms with Gasteiger partial charge in [0, 0.05) is 44.3 Å². The predicted octanol–water partition coefficient (Wildman–Crippen LogP) is 3.26. The zero-order valence-corrected chi connectivity index (χ0v) is 20.2. The Balaban J connectivity index is 1.52. The normalized spacial score (nSPS) is 15.5. The van der Waals surface area contributed by atoms with Gasteiger partial charge in [0.05, 0.1) is 12.0 Å². The van der Waals surface area contributed by atoms with E-state index < -0.39 is 10.0 Å². The molecule has 0 aliphatic carbocycles. The minimum absolute atomic E-state index is 0.0421. The quantitative estimate of drug-likeness (QED) is 0.600. The second-order valence-corrected chi connectivity index (χ2v) is 10.0. The fourth-order valence-electron chi connectivity index (χ4n) is 4.06. The summed E-state index contributed by atoms with van der Waals surface area (Å²) < 4.78 is 45.5. The number of methoxy groups -OCH3 is 1. The van der Waals surface area contributed by atoms with Crippen molar-refractivity contribution in [1.29, 1.82) is 0 Å². The van der Waals surface area contributed by atoms with Gasteiger partial charge < -0.3 is 10.1 Å². The van der Waals surface area contributed by atoms with Crippen LogP contribution in [0.5, 0.6) is 5.75 Å². The number of amides is 1. The third-order valence-electron chi connectivity index (χ3n) is 6.00. The first-order valence-corrected chi connectivity index (χ1v) is 12.7. The number of carbonyl (C=O) groups is 1. The van der Waals surface area contributed by atoms with Gasteiger partial charge in [0.15, 0.2) is 11.6 Å². The van der Waals surface area contributed by atoms with Crippen molar-refractivity contribution in [2.75, 3.05) is 33.3 Å². The molecule has 1 fully saturated rings. The summed E-state index contributed by atoms with van der Waals surface area (Å²) >= 11 is 0. The molecule has 180 valence electrons. The summed E-state index contributed by atoms with van der Waals surface area (Å²) in [4.78, 5) is 15.1. The number of likely N-dealkylation sites (tertiary alicyclic amines) is 1. The first kappa shape index (κ1) is 25.1. The van der Waals surface area contributed by atoms with E-state index in [0.717, 1.165) is 31.5 Å². The fourth-order valence-corrected chi connectivity index (χ4v) is 5.52. The topological polar surface area (TPSA) is 79.0 Å². The van der Waals surface area contributed by atoms with Crippen molar-refractivity contribution in [3.05, 3.63) is 59.4 Å². The zero-order valence-electron chi connectivity index (χ0n) is 19.4. The Kier molecular flexibility index (Phi) is 8.45. The van der Waals surface area contributed by atoms with E-state index in [9.17, 15) is 17.6 Å². The molecule has 3 rings (SSSR count). The highest BCUT2D eigenvalue weighted by atomic mass is 32.2. The first-order chi connectivity index (χ1) is 15.8. The second kappa shape index (κ2) is 11.1. The highest BCUT2D eigenvalue weighted by Gasteiger charge is 2.24. The van der Waals surface area contributed by atoms with Crippen LogP contribution in [0.3, 0.4) is 0 Å². The molecule has 1 amide bonds. The number of nitrogens with one attached hydrogen (secondary N) is 1. The van der Waals surface area contributed by atoms with Crippen molar-refractivity contribution in [2.24, 2.45) is 0 Å². The van der Waals surface area contributed by atoms with Gasteiger partial charge in [-0.2, -0.15) is 4.31 Å². The van der Waals surface area contributed by atoms with Gasteiger partial charge in [0.2, 0.25) is 10.0 Å². The molecule has 0 radical (unpaired) electrons. The fraction of sp³-hybridized carbons (Fsp3) is 0.458. The molecule has 1 saturated heterocycles. The predicted molar refractivity (Wildman–Crippen MR) is 125 cm³/mol. The molecule has 1 aliphatic heterocycles. The first-order valence-electron chi connectivity index (χ1n) is 11.2. The summed E-state index contributed by atoms with van der Waals surface area (Å²) in [5, 5.41) is 3.05. The number of hydrogen-bond donors (Lipinski definition) is 1. The molecule has 0 spiro atoms. The Labute approximate surface area is 195 Å². The van der Waals surface area contributed by atoms with Crippen LogP contribution in [0, 0.1) is 5.82 Å². The molecule has 0 saturated carbocycles. The van der Waals surface area contributed by atoms with E-state index in [2.05, 4.69) is 10.2 Å². The van der Waals surface area contributed by atoms with E-state index >= 15 is 0 Å². The van der Waals surface area contributed by atoms with Crippen molar-refractivity contribution >= 4 is 15.9 Å². The number of nitrogens with zero attached hydrogens (tertiary/aromatic N) is 2. The van der Waals surface area contributed by atoms with Crippen LogP contribution >= 0.6 is 0 Å². The Morgan fingerprint density at radius 2 is 1.76 bits per heavy atom. The smallest absolute Gasteiger partial charge is 0.251 e. The van der Waals surface area contributed by atoms with Crippen LogP contribution in [0.25, 0.3) is 0 Å². The zero-order chi connectivity index (χ0) is 24.0. The summed E-state index contributed by atoms with van der Waals surface area (Å²) in [6.07, 6.45) is 1.58. The van der Waals surface area contributed by atoms with Gasteiger partial charge in [-0.1, -0.05) is 19.9 Å². The van der Waals surface area contributed by atoms with E-state index in [4.69, 9.17) is 4.74 Å². The summed E-state index contributed by atoms with van der Waals surface area (Å²) in [6.45, 7) is 6.61. The molecular weight excluding hydrogens is 445 g/mol. The van der Waals surface area contributed by atoms with Crippen molar-refractivity contribution in [3.63, 3.8) is 0 Å². The van der Waals surface area contributed by atoms with Crippen molar-refractivity contribution < 1.29 is 22.3 Å². The minimum atomic E-state index is -3.54. The van der Waals surface area contributed by atoms with Gasteiger partial charge in [-0.05, 0) is 54.8 Å². The maximum absolute atomic E-state index is 13.9. The average Bonchev–Trinajstić information content (AvgIpc) is 2.81. The highest BCUT2D eigenvalue weighted by Crippen LogP contribution is 2.21. The third kappa shape index (κ3) is 6.10. The minimum Gasteiger partial charge on any atom is -0.494 e. The summed E-state index contributed by atoms with van der Waals surface area (Å²) in [5.41, 5.74) is 1.32. The van der Waals surface area contributed by atoms with Crippen molar-refractivity contribution in [3.8, 4) is 5.75 Å². The number of sulfonamides is 1. The molecule has 0 unspecified atom stereocenters. The average molecular weight is 478 g/mol. The number of hydrogen-bond acceptors (Lipinski definition) is 5. The van der Waals surface area contributed by atoms with Gasteiger partial charge in [0.25, 0.3) is 5.91 Å². The molecule has 7 nitrogen and oxygen atoms in total. The van der Waals surface area contributed by atoms with Crippen molar-refractivity contribution in [1.82, 2.24) is 14.5 Å². The molecule has 1 aliphatic rings. The van der Waals surface area contributed by atoms with E-state index in [1.54, 1.807) is 32.0 Å². The van der Waals surface area contributed by atoms with Crippen LogP contribution in [-0.4, -0.2) is 62.9 Å². The van der Waals surface area contributed by atoms with Crippen LogP contribution in [0.15, 0.2) is 47.4 Å². The Bertz CT molecular complexity index is 1050. The van der Waals surface area contributed by atoms with Crippen LogP contribution < -0.4 is 10.1 Å². The number of rotatable bonds is 9. The molecule has 0 atom stereocenters. The van der Waals surface area contributed by atoms with E-state index in [0.29, 0.717) is 25.2 Å². The lowest BCUT2D eigenvalue weighted by Crippen LogP contribution is -2.44. The summed E-state index contributed by atoms with van der Waals surface area (Å²) in [5.74, 6) is -0.343. The second-order valence-electron chi connectivity index (χ2n) is 8.11. The largest absolute Gasteiger partial charge is 0.494 e. The molecule has 2 aromatic carbocycles. The molecule has 0 bridgehead atoms. The number of benzene rings is 2. The number of carbonyl (C=O) groups excluding carboxylic acids is 1. The van der Waals surface area contributed by atoms with Gasteiger partial charge in [-0.15, -0.1) is 0 Å². The molecule has 0 aromatic heterocycles. The lowest BCUT2D eigenvalue weighted by atomic mass is 10.0. The Morgan fingerprint density at radius 3 is 2.30 bits per heavy atom. The van der Waals surface area contributed by atoms with Gasteiger partial charge in [-0.3, -0.25) is 9.69 Å². The lowest BCUT2D eigenvalue weighted by Gasteiger charge is -2.32. The molecule has 9 heteroatoms. The molecular formula is C24H32FN3O4S. The van der Waals surface area contributed by atoms with Gasteiger partial charge in [-0.25, -0.2) is 12.8 Å². The Hall–Kier alpha value is -2.49. The number of ether oxygens (including phenoxy) is 1. The number of piperidine rings is 1. The maximum atomic E-state index is 13.9. The standard InChI is InChI=1S/C24H32FN3O4S/c1-4-28(5-2)33(30,31)21-9-7-19(8-10-21)24(29)26-20-12-14-27(15-13-20)17-18-6-11-23(32-3)22(25)16-18/h6-11,16,20H,4-5,12-15,17H2,1-3H3,(H,26,29). The third-order valence-corrected chi connectivity index (χ3v) is 8.07. The highest BCUT2D eigenvalue weighted by molar-refractivity contribution is 7.89. The van der Waals surface area contributed by atoms with Crippen LogP contribution in [0.4, 0.5) is 4.39 Å².